The molecule has 2 heterocycles. The molecule has 2 aromatic heterocycles. The van der Waals surface area contributed by atoms with Gasteiger partial charge in [0.25, 0.3) is 5.91 Å². The standard InChI is InChI=1S/C12H8N4O5/c1-7-4-10(15-21-7)14-12(17)8(6-13)5-9-2-3-11(20-9)16(18)19/h2-5H,1H3,(H,14,15,17)/b8-5-. The molecule has 0 fully saturated rings. The normalized spacial score (nSPS) is 11.0. The molecule has 0 aliphatic heterocycles. The summed E-state index contributed by atoms with van der Waals surface area (Å²) in [5.41, 5.74) is -0.292. The molecule has 0 atom stereocenters. The van der Waals surface area contributed by atoms with Crippen LogP contribution in [0.4, 0.5) is 11.7 Å². The number of carbonyl (C=O) groups excluding carboxylic acids is 1. The second-order valence-electron chi connectivity index (χ2n) is 3.88. The lowest BCUT2D eigenvalue weighted by Gasteiger charge is -1.97. The smallest absolute Gasteiger partial charge is 0.401 e. The lowest BCUT2D eigenvalue weighted by molar-refractivity contribution is -0.402. The zero-order valence-electron chi connectivity index (χ0n) is 10.7. The summed E-state index contributed by atoms with van der Waals surface area (Å²) in [6.07, 6.45) is 1.09. The van der Waals surface area contributed by atoms with E-state index in [0.717, 1.165) is 12.1 Å². The highest BCUT2D eigenvalue weighted by atomic mass is 16.6. The van der Waals surface area contributed by atoms with E-state index in [1.54, 1.807) is 13.0 Å². The molecule has 9 heteroatoms. The van der Waals surface area contributed by atoms with E-state index in [1.807, 2.05) is 0 Å². The van der Waals surface area contributed by atoms with E-state index in [2.05, 4.69) is 10.5 Å². The van der Waals surface area contributed by atoms with Crippen LogP contribution >= 0.6 is 0 Å². The lowest BCUT2D eigenvalue weighted by atomic mass is 10.2. The molecule has 0 bridgehead atoms. The number of furan rings is 1. The van der Waals surface area contributed by atoms with Crippen molar-refractivity contribution >= 4 is 23.7 Å². The Bertz CT molecular complexity index is 765. The molecule has 2 rings (SSSR count). The zero-order chi connectivity index (χ0) is 15.4. The van der Waals surface area contributed by atoms with Gasteiger partial charge in [0.15, 0.2) is 5.82 Å². The van der Waals surface area contributed by atoms with Gasteiger partial charge in [-0.1, -0.05) is 5.16 Å². The van der Waals surface area contributed by atoms with Crippen molar-refractivity contribution < 1.29 is 18.7 Å². The minimum Gasteiger partial charge on any atom is -0.401 e. The summed E-state index contributed by atoms with van der Waals surface area (Å²) in [5, 5.41) is 25.3. The summed E-state index contributed by atoms with van der Waals surface area (Å²) in [7, 11) is 0. The van der Waals surface area contributed by atoms with Crippen molar-refractivity contribution in [2.45, 2.75) is 6.92 Å². The van der Waals surface area contributed by atoms with Gasteiger partial charge in [-0.15, -0.1) is 0 Å². The second-order valence-corrected chi connectivity index (χ2v) is 3.88. The first-order valence-corrected chi connectivity index (χ1v) is 5.60. The third kappa shape index (κ3) is 3.32. The van der Waals surface area contributed by atoms with E-state index in [4.69, 9.17) is 14.2 Å². The van der Waals surface area contributed by atoms with Gasteiger partial charge >= 0.3 is 5.88 Å². The molecule has 0 aliphatic carbocycles. The number of aryl methyl sites for hydroxylation is 1. The number of amides is 1. The SMILES string of the molecule is Cc1cc(NC(=O)/C(C#N)=C\c2ccc([N+](=O)[O-])o2)no1. The molecule has 1 N–H and O–H groups in total. The van der Waals surface area contributed by atoms with Crippen molar-refractivity contribution in [3.8, 4) is 6.07 Å². The summed E-state index contributed by atoms with van der Waals surface area (Å²) in [6, 6.07) is 5.56. The predicted molar refractivity (Wildman–Crippen MR) is 68.8 cm³/mol. The van der Waals surface area contributed by atoms with Crippen LogP contribution in [-0.2, 0) is 4.79 Å². The summed E-state index contributed by atoms with van der Waals surface area (Å²) in [6.45, 7) is 1.64. The number of anilines is 1. The highest BCUT2D eigenvalue weighted by Crippen LogP contribution is 2.18. The van der Waals surface area contributed by atoms with Crippen LogP contribution in [0.2, 0.25) is 0 Å². The van der Waals surface area contributed by atoms with E-state index in [1.165, 1.54) is 12.1 Å². The number of hydrogen-bond acceptors (Lipinski definition) is 7. The van der Waals surface area contributed by atoms with Crippen LogP contribution in [0, 0.1) is 28.4 Å². The number of nitro groups is 1. The van der Waals surface area contributed by atoms with Gasteiger partial charge in [-0.2, -0.15) is 5.26 Å². The first-order chi connectivity index (χ1) is 9.99. The molecule has 0 saturated heterocycles. The average Bonchev–Trinajstić information content (AvgIpc) is 3.05. The highest BCUT2D eigenvalue weighted by molar-refractivity contribution is 6.09. The predicted octanol–water partition coefficient (Wildman–Crippen LogP) is 2.03. The number of hydrogen-bond donors (Lipinski definition) is 1. The van der Waals surface area contributed by atoms with Gasteiger partial charge in [0, 0.05) is 12.1 Å². The molecule has 9 nitrogen and oxygen atoms in total. The molecule has 0 aromatic carbocycles. The van der Waals surface area contributed by atoms with Crippen molar-refractivity contribution in [2.75, 3.05) is 5.32 Å². The lowest BCUT2D eigenvalue weighted by Crippen LogP contribution is -2.13. The van der Waals surface area contributed by atoms with Gasteiger partial charge in [-0.3, -0.25) is 14.9 Å². The summed E-state index contributed by atoms with van der Waals surface area (Å²) < 4.78 is 9.61. The number of rotatable bonds is 4. The fourth-order valence-corrected chi connectivity index (χ4v) is 1.42. The van der Waals surface area contributed by atoms with Crippen molar-refractivity contribution in [2.24, 2.45) is 0 Å². The van der Waals surface area contributed by atoms with Gasteiger partial charge in [-0.05, 0) is 13.0 Å². The molecule has 0 saturated carbocycles. The molecular weight excluding hydrogens is 280 g/mol. The maximum Gasteiger partial charge on any atom is 0.433 e. The van der Waals surface area contributed by atoms with Gasteiger partial charge in [0.05, 0.1) is 6.07 Å². The Morgan fingerprint density at radius 2 is 2.33 bits per heavy atom. The Morgan fingerprint density at radius 3 is 2.86 bits per heavy atom. The van der Waals surface area contributed by atoms with Crippen molar-refractivity contribution in [3.05, 3.63) is 45.4 Å². The van der Waals surface area contributed by atoms with E-state index in [0.29, 0.717) is 5.76 Å². The van der Waals surface area contributed by atoms with Crippen molar-refractivity contribution in [3.63, 3.8) is 0 Å². The number of carbonyl (C=O) groups is 1. The van der Waals surface area contributed by atoms with Crippen LogP contribution in [0.25, 0.3) is 6.08 Å². The largest absolute Gasteiger partial charge is 0.433 e. The molecule has 1 amide bonds. The zero-order valence-corrected chi connectivity index (χ0v) is 10.7. The summed E-state index contributed by atoms with van der Waals surface area (Å²) >= 11 is 0. The van der Waals surface area contributed by atoms with E-state index >= 15 is 0 Å². The molecule has 0 spiro atoms. The van der Waals surface area contributed by atoms with Crippen LogP contribution in [-0.4, -0.2) is 16.0 Å². The average molecular weight is 288 g/mol. The van der Waals surface area contributed by atoms with Gasteiger partial charge < -0.3 is 14.3 Å². The maximum absolute atomic E-state index is 11.8. The first kappa shape index (κ1) is 14.0. The quantitative estimate of drug-likeness (QED) is 0.393. The van der Waals surface area contributed by atoms with Crippen LogP contribution in [0.5, 0.6) is 0 Å². The van der Waals surface area contributed by atoms with Crippen molar-refractivity contribution in [1.29, 1.82) is 5.26 Å². The Labute approximate surface area is 117 Å². The van der Waals surface area contributed by atoms with Gasteiger partial charge in [-0.25, -0.2) is 0 Å². The Kier molecular flexibility index (Phi) is 3.80. The second kappa shape index (κ2) is 5.70. The molecule has 21 heavy (non-hydrogen) atoms. The fraction of sp³-hybridized carbons (Fsp3) is 0.0833. The van der Waals surface area contributed by atoms with E-state index in [9.17, 15) is 14.9 Å². The van der Waals surface area contributed by atoms with E-state index in [-0.39, 0.29) is 17.2 Å². The summed E-state index contributed by atoms with van der Waals surface area (Å²) in [5.74, 6) is -0.542. The number of nitrogens with one attached hydrogen (secondary N) is 1. The third-order valence-electron chi connectivity index (χ3n) is 2.31. The third-order valence-corrected chi connectivity index (χ3v) is 2.31. The van der Waals surface area contributed by atoms with Crippen LogP contribution in [0.15, 0.2) is 32.7 Å². The van der Waals surface area contributed by atoms with Crippen molar-refractivity contribution in [1.82, 2.24) is 5.16 Å². The highest BCUT2D eigenvalue weighted by Gasteiger charge is 2.15. The van der Waals surface area contributed by atoms with Gasteiger partial charge in [0.1, 0.15) is 28.1 Å². The minimum absolute atomic E-state index is 0.0183. The molecule has 0 unspecified atom stereocenters. The molecular formula is C12H8N4O5. The first-order valence-electron chi connectivity index (χ1n) is 5.60. The molecule has 0 aliphatic rings. The van der Waals surface area contributed by atoms with Crippen LogP contribution < -0.4 is 5.32 Å². The van der Waals surface area contributed by atoms with E-state index < -0.39 is 16.7 Å². The maximum atomic E-state index is 11.8. The Balaban J connectivity index is 2.18. The fourth-order valence-electron chi connectivity index (χ4n) is 1.42. The Morgan fingerprint density at radius 1 is 1.57 bits per heavy atom. The Hall–Kier alpha value is -3.41. The topological polar surface area (TPSA) is 135 Å². The monoisotopic (exact) mass is 288 g/mol. The number of nitriles is 1. The summed E-state index contributed by atoms with van der Waals surface area (Å²) in [4.78, 5) is 21.6. The van der Waals surface area contributed by atoms with Crippen LogP contribution in [0.3, 0.4) is 0 Å². The molecule has 2 aromatic rings. The minimum atomic E-state index is -0.732. The number of aromatic nitrogens is 1. The molecule has 106 valence electrons. The number of nitrogens with zero attached hydrogens (tertiary/aromatic N) is 3. The van der Waals surface area contributed by atoms with Gasteiger partial charge in [0.2, 0.25) is 0 Å². The van der Waals surface area contributed by atoms with Crippen LogP contribution in [0.1, 0.15) is 11.5 Å². The molecule has 0 radical (unpaired) electrons.